The third-order valence-electron chi connectivity index (χ3n) is 13.6. The number of aryl methyl sites for hydroxylation is 2. The van der Waals surface area contributed by atoms with Crippen LogP contribution in [0.15, 0.2) is 92.4 Å². The normalized spacial score (nSPS) is 12.1. The SMILES string of the molecule is CCCCCCCCCCCCCCCCc1ccc(Oc2ccc(CCCCCCCCCCCCCCCC)c(-c3ccccc3S(=O)(=O)O)c2S(=O)(=O)O)c(S(=O)(=O)[O-])c1-c1ccccc1S(=O)(=O)[O-].[Na+].[Na+]. The van der Waals surface area contributed by atoms with E-state index in [9.17, 15) is 51.9 Å². The standard InChI is InChI=1S/C56H82O13S4.2Na/c1-3-5-7-9-11-13-15-17-19-21-23-25-27-29-35-45-41-43-49(55(72(63,64)65)53(45)47-37-31-33-39-51(47)70(57,58)59)69-50-44-42-46(36-30-28-26-24-22-20-18-16-14-12-10-8-6-4-2)54(56(50)73(66,67)68)48-38-32-34-40-52(48)71(60,61)62;;/h31-34,37-44H,3-30,35-36H2,1-2H3,(H,57,58,59)(H,60,61,62)(H,63,64,65)(H,66,67,68);;/q;2*+1/p-2. The summed E-state index contributed by atoms with van der Waals surface area (Å²) in [6.45, 7) is 4.42. The summed E-state index contributed by atoms with van der Waals surface area (Å²) < 4.78 is 159. The van der Waals surface area contributed by atoms with E-state index in [0.29, 0.717) is 12.8 Å². The number of benzene rings is 4. The molecule has 0 bridgehead atoms. The van der Waals surface area contributed by atoms with Crippen molar-refractivity contribution >= 4 is 40.5 Å². The van der Waals surface area contributed by atoms with Gasteiger partial charge in [-0.3, -0.25) is 9.11 Å². The average Bonchev–Trinajstić information content (AvgIpc) is 3.33. The molecular weight excluding hydrogens is 1050 g/mol. The third kappa shape index (κ3) is 23.9. The van der Waals surface area contributed by atoms with Crippen LogP contribution in [0.3, 0.4) is 0 Å². The van der Waals surface area contributed by atoms with Crippen molar-refractivity contribution in [2.24, 2.45) is 0 Å². The van der Waals surface area contributed by atoms with Gasteiger partial charge in [0.2, 0.25) is 0 Å². The van der Waals surface area contributed by atoms with Gasteiger partial charge >= 0.3 is 59.1 Å². The molecule has 0 fully saturated rings. The Morgan fingerprint density at radius 1 is 0.373 bits per heavy atom. The van der Waals surface area contributed by atoms with E-state index in [0.717, 1.165) is 88.5 Å². The van der Waals surface area contributed by atoms with Gasteiger partial charge in [0.25, 0.3) is 20.2 Å². The van der Waals surface area contributed by atoms with Gasteiger partial charge in [-0.1, -0.05) is 229 Å². The van der Waals surface area contributed by atoms with Gasteiger partial charge in [-0.25, -0.2) is 16.8 Å². The summed E-state index contributed by atoms with van der Waals surface area (Å²) in [5.41, 5.74) is -0.912. The van der Waals surface area contributed by atoms with Crippen LogP contribution < -0.4 is 63.9 Å². The van der Waals surface area contributed by atoms with Crippen molar-refractivity contribution in [3.8, 4) is 33.8 Å². The molecule has 4 rings (SSSR count). The zero-order chi connectivity index (χ0) is 53.3. The molecule has 408 valence electrons. The first-order valence-electron chi connectivity index (χ1n) is 26.9. The van der Waals surface area contributed by atoms with E-state index in [1.165, 1.54) is 151 Å². The van der Waals surface area contributed by atoms with Gasteiger partial charge in [-0.15, -0.1) is 0 Å². The van der Waals surface area contributed by atoms with Crippen molar-refractivity contribution < 1.29 is 116 Å². The van der Waals surface area contributed by atoms with Crippen molar-refractivity contribution in [2.45, 2.75) is 226 Å². The second-order valence-electron chi connectivity index (χ2n) is 19.5. The Hall–Kier alpha value is -1.68. The molecule has 2 N–H and O–H groups in total. The molecule has 0 aliphatic heterocycles. The molecule has 0 aliphatic rings. The van der Waals surface area contributed by atoms with Gasteiger partial charge in [0.1, 0.15) is 46.4 Å². The van der Waals surface area contributed by atoms with Crippen LogP contribution in [0.1, 0.15) is 205 Å². The number of unbranched alkanes of at least 4 members (excludes halogenated alkanes) is 26. The number of hydrogen-bond acceptors (Lipinski definition) is 11. The number of ether oxygens (including phenoxy) is 1. The summed E-state index contributed by atoms with van der Waals surface area (Å²) in [5.74, 6) is -1.45. The first-order chi connectivity index (χ1) is 34.8. The largest absolute Gasteiger partial charge is 1.00 e. The third-order valence-corrected chi connectivity index (χ3v) is 17.2. The van der Waals surface area contributed by atoms with Crippen LogP contribution in [-0.4, -0.2) is 51.9 Å². The van der Waals surface area contributed by atoms with Gasteiger partial charge in [-0.05, 0) is 61.1 Å². The smallest absolute Gasteiger partial charge is 0.744 e. The second kappa shape index (κ2) is 35.8. The zero-order valence-corrected chi connectivity index (χ0v) is 52.4. The van der Waals surface area contributed by atoms with E-state index in [2.05, 4.69) is 13.8 Å². The van der Waals surface area contributed by atoms with E-state index >= 15 is 0 Å². The minimum absolute atomic E-state index is 0. The molecule has 0 aromatic heterocycles. The van der Waals surface area contributed by atoms with Crippen LogP contribution in [0.25, 0.3) is 22.3 Å². The maximum Gasteiger partial charge on any atom is 1.00 e. The fraction of sp³-hybridized carbons (Fsp3) is 0.571. The molecule has 0 atom stereocenters. The minimum Gasteiger partial charge on any atom is -0.744 e. The molecule has 4 aromatic rings. The maximum atomic E-state index is 13.6. The van der Waals surface area contributed by atoms with E-state index < -0.39 is 77.1 Å². The Labute approximate surface area is 495 Å². The maximum absolute atomic E-state index is 13.6. The molecule has 0 saturated heterocycles. The molecule has 4 aromatic carbocycles. The molecule has 0 radical (unpaired) electrons. The summed E-state index contributed by atoms with van der Waals surface area (Å²) in [6.07, 6.45) is 31.1. The molecular formula is C56H80Na2O13S4. The monoisotopic (exact) mass is 1130 g/mol. The van der Waals surface area contributed by atoms with Crippen molar-refractivity contribution in [1.29, 1.82) is 0 Å². The molecule has 19 heteroatoms. The summed E-state index contributed by atoms with van der Waals surface area (Å²) in [7, 11) is -21.3. The summed E-state index contributed by atoms with van der Waals surface area (Å²) >= 11 is 0. The van der Waals surface area contributed by atoms with Gasteiger partial charge in [0.05, 0.1) is 4.90 Å². The number of rotatable bonds is 38. The van der Waals surface area contributed by atoms with Crippen molar-refractivity contribution in [3.05, 3.63) is 83.9 Å². The predicted octanol–water partition coefficient (Wildman–Crippen LogP) is 9.17. The second-order valence-corrected chi connectivity index (χ2v) is 24.9. The Morgan fingerprint density at radius 2 is 0.680 bits per heavy atom. The average molecular weight is 1140 g/mol. The fourth-order valence-corrected chi connectivity index (χ4v) is 12.9. The first-order valence-corrected chi connectivity index (χ1v) is 32.6. The fourth-order valence-electron chi connectivity index (χ4n) is 9.81. The molecule has 0 aliphatic carbocycles. The Bertz CT molecular complexity index is 2600. The molecule has 0 amide bonds. The van der Waals surface area contributed by atoms with Gasteiger partial charge < -0.3 is 13.8 Å². The van der Waals surface area contributed by atoms with Crippen molar-refractivity contribution in [2.75, 3.05) is 0 Å². The van der Waals surface area contributed by atoms with E-state index in [1.807, 2.05) is 0 Å². The topological polar surface area (TPSA) is 232 Å². The van der Waals surface area contributed by atoms with Crippen LogP contribution in [0.4, 0.5) is 0 Å². The molecule has 0 spiro atoms. The minimum atomic E-state index is -5.65. The van der Waals surface area contributed by atoms with Crippen LogP contribution in [0.2, 0.25) is 0 Å². The Morgan fingerprint density at radius 3 is 1.01 bits per heavy atom. The quantitative estimate of drug-likeness (QED) is 0.0242. The van der Waals surface area contributed by atoms with E-state index in [1.54, 1.807) is 0 Å². The zero-order valence-electron chi connectivity index (χ0n) is 45.2. The van der Waals surface area contributed by atoms with E-state index in [-0.39, 0.29) is 99.8 Å². The van der Waals surface area contributed by atoms with Gasteiger partial charge in [-0.2, -0.15) is 16.8 Å². The summed E-state index contributed by atoms with van der Waals surface area (Å²) in [4.78, 5) is -3.50. The number of hydrogen-bond donors (Lipinski definition) is 2. The van der Waals surface area contributed by atoms with E-state index in [4.69, 9.17) is 4.74 Å². The first kappa shape index (κ1) is 69.4. The Kier molecular flexibility index (Phi) is 33.2. The van der Waals surface area contributed by atoms with Crippen LogP contribution in [0.5, 0.6) is 11.5 Å². The molecule has 13 nitrogen and oxygen atoms in total. The van der Waals surface area contributed by atoms with Crippen LogP contribution >= 0.6 is 0 Å². The van der Waals surface area contributed by atoms with Gasteiger partial charge in [0, 0.05) is 22.3 Å². The van der Waals surface area contributed by atoms with Crippen molar-refractivity contribution in [1.82, 2.24) is 0 Å². The molecule has 0 unspecified atom stereocenters. The summed E-state index contributed by atoms with van der Waals surface area (Å²) in [5, 5.41) is 0. The molecule has 0 saturated carbocycles. The van der Waals surface area contributed by atoms with Crippen LogP contribution in [0, 0.1) is 0 Å². The van der Waals surface area contributed by atoms with Gasteiger partial charge in [0.15, 0.2) is 0 Å². The summed E-state index contributed by atoms with van der Waals surface area (Å²) in [6, 6.07) is 15.0. The van der Waals surface area contributed by atoms with Crippen molar-refractivity contribution in [3.63, 3.8) is 0 Å². The molecule has 0 heterocycles. The molecule has 75 heavy (non-hydrogen) atoms. The Balaban J connectivity index is 0.00000963. The van der Waals surface area contributed by atoms with Crippen LogP contribution in [-0.2, 0) is 53.3 Å². The predicted molar refractivity (Wildman–Crippen MR) is 287 cm³/mol.